The number of rotatable bonds is 7. The molecule has 1 fully saturated rings. The van der Waals surface area contributed by atoms with Crippen LogP contribution in [0.15, 0.2) is 84.0 Å². The Morgan fingerprint density at radius 2 is 1.80 bits per heavy atom. The lowest BCUT2D eigenvalue weighted by atomic mass is 9.99. The first kappa shape index (κ1) is 31.4. The number of amidine groups is 1. The summed E-state index contributed by atoms with van der Waals surface area (Å²) in [5.41, 5.74) is 4.01. The van der Waals surface area contributed by atoms with E-state index in [-0.39, 0.29) is 28.5 Å². The number of carbonyl (C=O) groups excluding carboxylic acids is 2. The second-order valence-electron chi connectivity index (χ2n) is 10.2. The van der Waals surface area contributed by atoms with Crippen LogP contribution in [0.1, 0.15) is 36.5 Å². The van der Waals surface area contributed by atoms with E-state index >= 15 is 0 Å². The molecule has 232 valence electrons. The number of nitrogens with one attached hydrogen (secondary N) is 1. The summed E-state index contributed by atoms with van der Waals surface area (Å²) in [6.07, 6.45) is -2.27. The van der Waals surface area contributed by atoms with Crippen molar-refractivity contribution in [2.24, 2.45) is 4.99 Å². The van der Waals surface area contributed by atoms with E-state index in [0.717, 1.165) is 29.0 Å². The molecule has 0 saturated carbocycles. The zero-order chi connectivity index (χ0) is 32.3. The lowest BCUT2D eigenvalue weighted by Gasteiger charge is -2.22. The number of halogens is 4. The minimum absolute atomic E-state index is 0.110. The van der Waals surface area contributed by atoms with Crippen molar-refractivity contribution in [2.75, 3.05) is 10.7 Å². The van der Waals surface area contributed by atoms with Gasteiger partial charge in [-0.2, -0.15) is 9.38 Å². The van der Waals surface area contributed by atoms with Crippen molar-refractivity contribution in [1.29, 1.82) is 0 Å². The molecule has 1 aliphatic rings. The fourth-order valence-electron chi connectivity index (χ4n) is 4.47. The number of ether oxygens (including phenoxy) is 1. The largest absolute Gasteiger partial charge is 0.573 e. The number of aryl methyl sites for hydroxylation is 1. The summed E-state index contributed by atoms with van der Waals surface area (Å²) in [4.78, 5) is 34.9. The van der Waals surface area contributed by atoms with Crippen LogP contribution in [-0.2, 0) is 4.79 Å². The van der Waals surface area contributed by atoms with Crippen molar-refractivity contribution in [1.82, 2.24) is 20.1 Å². The van der Waals surface area contributed by atoms with Gasteiger partial charge in [0.25, 0.3) is 0 Å². The van der Waals surface area contributed by atoms with Gasteiger partial charge in [-0.3, -0.25) is 15.0 Å². The zero-order valence-electron chi connectivity index (χ0n) is 24.2. The molecule has 0 atom stereocenters. The molecule has 1 saturated heterocycles. The van der Waals surface area contributed by atoms with E-state index in [1.165, 1.54) is 40.2 Å². The molecule has 3 amide bonds. The maximum Gasteiger partial charge on any atom is 0.573 e. The van der Waals surface area contributed by atoms with E-state index in [2.05, 4.69) is 25.1 Å². The average molecular weight is 639 g/mol. The van der Waals surface area contributed by atoms with Crippen LogP contribution >= 0.6 is 11.8 Å². The van der Waals surface area contributed by atoms with Gasteiger partial charge in [-0.05, 0) is 65.9 Å². The third-order valence-electron chi connectivity index (χ3n) is 6.53. The van der Waals surface area contributed by atoms with Crippen molar-refractivity contribution in [3.63, 3.8) is 0 Å². The Balaban J connectivity index is 1.25. The van der Waals surface area contributed by atoms with Crippen LogP contribution in [0.4, 0.5) is 28.0 Å². The highest BCUT2D eigenvalue weighted by atomic mass is 32.2. The SMILES string of the molecule is Cc1ccc(C(C)C)c(N2C(=O)CSC2=NC(=O)N/C(F)=C/c2ccc(-c3ncn(-c4ccc(OC(F)(F)F)cc4)n3)cc2)c1. The van der Waals surface area contributed by atoms with Gasteiger partial charge in [0.05, 0.1) is 17.1 Å². The number of thioether (sulfide) groups is 1. The smallest absolute Gasteiger partial charge is 0.406 e. The molecular weight excluding hydrogens is 612 g/mol. The van der Waals surface area contributed by atoms with E-state index < -0.39 is 18.3 Å². The summed E-state index contributed by atoms with van der Waals surface area (Å²) < 4.78 is 57.2. The maximum atomic E-state index is 14.7. The van der Waals surface area contributed by atoms with Crippen LogP contribution in [0.3, 0.4) is 0 Å². The van der Waals surface area contributed by atoms with Crippen molar-refractivity contribution in [3.8, 4) is 22.8 Å². The van der Waals surface area contributed by atoms with E-state index in [4.69, 9.17) is 0 Å². The first-order valence-electron chi connectivity index (χ1n) is 13.6. The molecule has 14 heteroatoms. The molecule has 45 heavy (non-hydrogen) atoms. The number of urea groups is 1. The third kappa shape index (κ3) is 7.76. The van der Waals surface area contributed by atoms with Crippen molar-refractivity contribution < 1.29 is 31.9 Å². The van der Waals surface area contributed by atoms with Crippen molar-refractivity contribution >= 4 is 40.6 Å². The predicted octanol–water partition coefficient (Wildman–Crippen LogP) is 7.38. The number of aliphatic imine (C=N–C) groups is 1. The van der Waals surface area contributed by atoms with Gasteiger partial charge in [0.15, 0.2) is 16.9 Å². The molecule has 2 heterocycles. The molecule has 9 nitrogen and oxygen atoms in total. The van der Waals surface area contributed by atoms with Gasteiger partial charge in [0.1, 0.15) is 12.1 Å². The van der Waals surface area contributed by atoms with Crippen LogP contribution in [0.5, 0.6) is 5.75 Å². The van der Waals surface area contributed by atoms with Gasteiger partial charge < -0.3 is 4.74 Å². The molecule has 1 aliphatic heterocycles. The number of nitrogens with zero attached hydrogens (tertiary/aromatic N) is 5. The summed E-state index contributed by atoms with van der Waals surface area (Å²) in [6.45, 7) is 5.91. The van der Waals surface area contributed by atoms with Gasteiger partial charge in [0, 0.05) is 5.56 Å². The molecule has 0 unspecified atom stereocenters. The first-order valence-corrected chi connectivity index (χ1v) is 14.6. The standard InChI is InChI=1S/C31H26F4N6O3S/c1-18(2)24-13-4-19(3)14-25(24)41-27(42)16-45-30(41)38-29(43)37-26(32)15-20-5-7-21(8-6-20)28-36-17-40(39-28)22-9-11-23(12-10-22)44-31(33,34)35/h4-15,17-18H,16H2,1-3H3,(H,37,43)/b26-15+,38-30?. The second-order valence-corrected chi connectivity index (χ2v) is 11.2. The highest BCUT2D eigenvalue weighted by Gasteiger charge is 2.33. The number of benzene rings is 3. The first-order chi connectivity index (χ1) is 21.4. The highest BCUT2D eigenvalue weighted by Crippen LogP contribution is 2.34. The fraction of sp³-hybridized carbons (Fsp3) is 0.194. The molecule has 1 N–H and O–H groups in total. The Labute approximate surface area is 259 Å². The molecule has 0 bridgehead atoms. The summed E-state index contributed by atoms with van der Waals surface area (Å²) >= 11 is 1.10. The maximum absolute atomic E-state index is 14.7. The number of hydrogen-bond donors (Lipinski definition) is 1. The van der Waals surface area contributed by atoms with E-state index in [9.17, 15) is 27.2 Å². The second kappa shape index (κ2) is 12.9. The number of amides is 3. The Kier molecular flexibility index (Phi) is 9.04. The number of aromatic nitrogens is 3. The van der Waals surface area contributed by atoms with Gasteiger partial charge in [0.2, 0.25) is 5.91 Å². The number of hydrogen-bond acceptors (Lipinski definition) is 6. The number of carbonyl (C=O) groups is 2. The Bertz CT molecular complexity index is 1780. The van der Waals surface area contributed by atoms with Gasteiger partial charge >= 0.3 is 12.4 Å². The molecule has 3 aromatic carbocycles. The number of alkyl halides is 3. The summed E-state index contributed by atoms with van der Waals surface area (Å²) in [5.74, 6) is -0.968. The average Bonchev–Trinajstić information content (AvgIpc) is 3.60. The molecule has 1 aromatic heterocycles. The molecule has 0 spiro atoms. The summed E-state index contributed by atoms with van der Waals surface area (Å²) in [6, 6.07) is 16.4. The topological polar surface area (TPSA) is 102 Å². The summed E-state index contributed by atoms with van der Waals surface area (Å²) in [5, 5.41) is 6.60. The molecule has 5 rings (SSSR count). The monoisotopic (exact) mass is 638 g/mol. The summed E-state index contributed by atoms with van der Waals surface area (Å²) in [7, 11) is 0. The molecule has 0 radical (unpaired) electrons. The zero-order valence-corrected chi connectivity index (χ0v) is 25.0. The van der Waals surface area contributed by atoms with Crippen LogP contribution in [0.25, 0.3) is 23.2 Å². The van der Waals surface area contributed by atoms with Gasteiger partial charge in [-0.15, -0.1) is 18.3 Å². The van der Waals surface area contributed by atoms with Crippen LogP contribution in [0.2, 0.25) is 0 Å². The number of anilines is 1. The Hall–Kier alpha value is -4.98. The fourth-order valence-corrected chi connectivity index (χ4v) is 5.32. The van der Waals surface area contributed by atoms with Gasteiger partial charge in [-0.25, -0.2) is 14.5 Å². The lowest BCUT2D eigenvalue weighted by molar-refractivity contribution is -0.274. The van der Waals surface area contributed by atoms with Crippen molar-refractivity contribution in [2.45, 2.75) is 33.1 Å². The predicted molar refractivity (Wildman–Crippen MR) is 164 cm³/mol. The molecular formula is C31H26F4N6O3S. The van der Waals surface area contributed by atoms with Crippen LogP contribution < -0.4 is 15.0 Å². The van der Waals surface area contributed by atoms with E-state index in [1.54, 1.807) is 24.3 Å². The minimum atomic E-state index is -4.79. The Morgan fingerprint density at radius 1 is 1.09 bits per heavy atom. The quantitative estimate of drug-likeness (QED) is 0.168. The normalized spacial score (nSPS) is 14.8. The van der Waals surface area contributed by atoms with Crippen LogP contribution in [-0.4, -0.2) is 44.0 Å². The van der Waals surface area contributed by atoms with Crippen LogP contribution in [0, 0.1) is 6.92 Å². The Morgan fingerprint density at radius 3 is 2.47 bits per heavy atom. The highest BCUT2D eigenvalue weighted by molar-refractivity contribution is 8.15. The lowest BCUT2D eigenvalue weighted by Crippen LogP contribution is -2.32. The van der Waals surface area contributed by atoms with Crippen molar-refractivity contribution in [3.05, 3.63) is 95.7 Å². The minimum Gasteiger partial charge on any atom is -0.406 e. The molecule has 0 aliphatic carbocycles. The third-order valence-corrected chi connectivity index (χ3v) is 7.45. The van der Waals surface area contributed by atoms with E-state index in [1.807, 2.05) is 39.0 Å². The van der Waals surface area contributed by atoms with Gasteiger partial charge in [-0.1, -0.05) is 62.0 Å². The molecule has 4 aromatic rings. The van der Waals surface area contributed by atoms with E-state index in [0.29, 0.717) is 28.3 Å².